The topological polar surface area (TPSA) is 35.0 Å². The van der Waals surface area contributed by atoms with Crippen molar-refractivity contribution in [3.63, 3.8) is 0 Å². The minimum Gasteiger partial charge on any atom is -0.479 e. The van der Waals surface area contributed by atoms with Crippen molar-refractivity contribution in [2.45, 2.75) is 6.92 Å². The lowest BCUT2D eigenvalue weighted by molar-refractivity contribution is 0.397. The van der Waals surface area contributed by atoms with E-state index < -0.39 is 0 Å². The van der Waals surface area contributed by atoms with Gasteiger partial charge in [-0.2, -0.15) is 0 Å². The average Bonchev–Trinajstić information content (AvgIpc) is 2.30. The maximum atomic E-state index is 5.18. The summed E-state index contributed by atoms with van der Waals surface area (Å²) in [6, 6.07) is 9.90. The third-order valence-electron chi connectivity index (χ3n) is 2.10. The molecule has 1 heterocycles. The molecule has 0 saturated heterocycles. The van der Waals surface area contributed by atoms with E-state index in [4.69, 9.17) is 4.74 Å². The number of rotatable bonds is 2. The van der Waals surface area contributed by atoms with E-state index >= 15 is 0 Å². The number of methoxy groups -OCH3 is 1. The summed E-state index contributed by atoms with van der Waals surface area (Å²) in [5.41, 5.74) is 2.69. The summed E-state index contributed by atoms with van der Waals surface area (Å²) < 4.78 is 5.18. The van der Waals surface area contributed by atoms with Crippen LogP contribution in [0, 0.1) is 6.92 Å². The van der Waals surface area contributed by atoms with Gasteiger partial charge in [-0.05, 0) is 6.92 Å². The lowest BCUT2D eigenvalue weighted by Crippen LogP contribution is -1.96. The molecular weight excluding hydrogens is 188 g/mol. The number of benzene rings is 1. The number of aromatic nitrogens is 2. The van der Waals surface area contributed by atoms with Crippen molar-refractivity contribution in [3.8, 4) is 17.1 Å². The van der Waals surface area contributed by atoms with Crippen LogP contribution in [0.2, 0.25) is 0 Å². The predicted molar refractivity (Wildman–Crippen MR) is 58.8 cm³/mol. The quantitative estimate of drug-likeness (QED) is 0.747. The SMILES string of the molecule is COc1ncc(C)nc1-c1ccccc1. The van der Waals surface area contributed by atoms with Crippen LogP contribution >= 0.6 is 0 Å². The van der Waals surface area contributed by atoms with E-state index in [-0.39, 0.29) is 0 Å². The molecule has 76 valence electrons. The fraction of sp³-hybridized carbons (Fsp3) is 0.167. The molecule has 0 N–H and O–H groups in total. The standard InChI is InChI=1S/C12H12N2O/c1-9-8-13-12(15-2)11(14-9)10-6-4-3-5-7-10/h3-8H,1-2H3. The van der Waals surface area contributed by atoms with Gasteiger partial charge in [0.05, 0.1) is 19.0 Å². The van der Waals surface area contributed by atoms with Crippen LogP contribution in [0.25, 0.3) is 11.3 Å². The van der Waals surface area contributed by atoms with Crippen LogP contribution in [0.3, 0.4) is 0 Å². The van der Waals surface area contributed by atoms with Gasteiger partial charge >= 0.3 is 0 Å². The van der Waals surface area contributed by atoms with E-state index in [2.05, 4.69) is 9.97 Å². The summed E-state index contributed by atoms with van der Waals surface area (Å²) in [6.07, 6.45) is 1.70. The number of aryl methyl sites for hydroxylation is 1. The number of nitrogens with zero attached hydrogens (tertiary/aromatic N) is 2. The third kappa shape index (κ3) is 1.96. The number of ether oxygens (including phenoxy) is 1. The van der Waals surface area contributed by atoms with Gasteiger partial charge < -0.3 is 4.74 Å². The van der Waals surface area contributed by atoms with Gasteiger partial charge in [-0.1, -0.05) is 30.3 Å². The Morgan fingerprint density at radius 3 is 2.53 bits per heavy atom. The molecule has 0 aliphatic carbocycles. The maximum absolute atomic E-state index is 5.18. The van der Waals surface area contributed by atoms with Crippen molar-refractivity contribution in [3.05, 3.63) is 42.2 Å². The van der Waals surface area contributed by atoms with E-state index in [0.29, 0.717) is 5.88 Å². The Hall–Kier alpha value is -1.90. The molecule has 2 rings (SSSR count). The van der Waals surface area contributed by atoms with Crippen molar-refractivity contribution in [2.75, 3.05) is 7.11 Å². The van der Waals surface area contributed by atoms with Crippen LogP contribution in [-0.2, 0) is 0 Å². The van der Waals surface area contributed by atoms with E-state index in [1.165, 1.54) is 0 Å². The number of hydrogen-bond donors (Lipinski definition) is 0. The molecule has 1 aromatic heterocycles. The number of hydrogen-bond acceptors (Lipinski definition) is 3. The summed E-state index contributed by atoms with van der Waals surface area (Å²) in [5, 5.41) is 0. The molecule has 0 radical (unpaired) electrons. The summed E-state index contributed by atoms with van der Waals surface area (Å²) >= 11 is 0. The first-order valence-electron chi connectivity index (χ1n) is 4.74. The van der Waals surface area contributed by atoms with Crippen molar-refractivity contribution < 1.29 is 4.74 Å². The van der Waals surface area contributed by atoms with Crippen LogP contribution in [-0.4, -0.2) is 17.1 Å². The van der Waals surface area contributed by atoms with Crippen molar-refractivity contribution in [1.29, 1.82) is 0 Å². The maximum Gasteiger partial charge on any atom is 0.240 e. The lowest BCUT2D eigenvalue weighted by Gasteiger charge is -2.06. The second-order valence-electron chi connectivity index (χ2n) is 3.24. The normalized spacial score (nSPS) is 10.0. The van der Waals surface area contributed by atoms with Crippen molar-refractivity contribution >= 4 is 0 Å². The van der Waals surface area contributed by atoms with E-state index in [1.54, 1.807) is 13.3 Å². The fourth-order valence-corrected chi connectivity index (χ4v) is 1.40. The highest BCUT2D eigenvalue weighted by Gasteiger charge is 2.08. The van der Waals surface area contributed by atoms with Crippen LogP contribution in [0.5, 0.6) is 5.88 Å². The first-order chi connectivity index (χ1) is 7.31. The minimum absolute atomic E-state index is 0.562. The lowest BCUT2D eigenvalue weighted by atomic mass is 10.1. The smallest absolute Gasteiger partial charge is 0.240 e. The molecule has 3 heteroatoms. The van der Waals surface area contributed by atoms with Gasteiger partial charge in [0.2, 0.25) is 5.88 Å². The van der Waals surface area contributed by atoms with E-state index in [0.717, 1.165) is 17.0 Å². The van der Waals surface area contributed by atoms with Crippen molar-refractivity contribution in [1.82, 2.24) is 9.97 Å². The Morgan fingerprint density at radius 1 is 1.13 bits per heavy atom. The Labute approximate surface area is 88.8 Å². The molecule has 0 aliphatic rings. The molecule has 3 nitrogen and oxygen atoms in total. The predicted octanol–water partition coefficient (Wildman–Crippen LogP) is 2.46. The Balaban J connectivity index is 2.56. The molecule has 0 aliphatic heterocycles. The molecule has 1 aromatic carbocycles. The minimum atomic E-state index is 0.562. The molecule has 0 amide bonds. The van der Waals surface area contributed by atoms with Crippen LogP contribution in [0.1, 0.15) is 5.69 Å². The molecule has 0 unspecified atom stereocenters. The summed E-state index contributed by atoms with van der Waals surface area (Å²) in [5.74, 6) is 0.562. The molecule has 0 bridgehead atoms. The summed E-state index contributed by atoms with van der Waals surface area (Å²) in [4.78, 5) is 8.62. The van der Waals surface area contributed by atoms with Crippen molar-refractivity contribution in [2.24, 2.45) is 0 Å². The van der Waals surface area contributed by atoms with E-state index in [1.807, 2.05) is 37.3 Å². The first-order valence-corrected chi connectivity index (χ1v) is 4.74. The zero-order chi connectivity index (χ0) is 10.7. The summed E-state index contributed by atoms with van der Waals surface area (Å²) in [6.45, 7) is 1.92. The van der Waals surface area contributed by atoms with Gasteiger partial charge in [0, 0.05) is 5.56 Å². The fourth-order valence-electron chi connectivity index (χ4n) is 1.40. The monoisotopic (exact) mass is 200 g/mol. The zero-order valence-electron chi connectivity index (χ0n) is 8.77. The van der Waals surface area contributed by atoms with Crippen LogP contribution in [0.4, 0.5) is 0 Å². The highest BCUT2D eigenvalue weighted by atomic mass is 16.5. The van der Waals surface area contributed by atoms with Gasteiger partial charge in [0.25, 0.3) is 0 Å². The summed E-state index contributed by atoms with van der Waals surface area (Å²) in [7, 11) is 1.60. The van der Waals surface area contributed by atoms with Gasteiger partial charge in [0.1, 0.15) is 5.69 Å². The van der Waals surface area contributed by atoms with Crippen LogP contribution in [0.15, 0.2) is 36.5 Å². The van der Waals surface area contributed by atoms with Gasteiger partial charge in [-0.3, -0.25) is 0 Å². The second-order valence-corrected chi connectivity index (χ2v) is 3.24. The Bertz CT molecular complexity index is 454. The Kier molecular flexibility index (Phi) is 2.63. The molecule has 2 aromatic rings. The molecule has 0 spiro atoms. The molecule has 15 heavy (non-hydrogen) atoms. The van der Waals surface area contributed by atoms with Gasteiger partial charge in [-0.25, -0.2) is 9.97 Å². The Morgan fingerprint density at radius 2 is 1.87 bits per heavy atom. The highest BCUT2D eigenvalue weighted by molar-refractivity contribution is 5.64. The highest BCUT2D eigenvalue weighted by Crippen LogP contribution is 2.25. The third-order valence-corrected chi connectivity index (χ3v) is 2.10. The van der Waals surface area contributed by atoms with Gasteiger partial charge in [0.15, 0.2) is 0 Å². The zero-order valence-corrected chi connectivity index (χ0v) is 8.77. The second kappa shape index (κ2) is 4.09. The van der Waals surface area contributed by atoms with Gasteiger partial charge in [-0.15, -0.1) is 0 Å². The average molecular weight is 200 g/mol. The molecule has 0 atom stereocenters. The molecule has 0 saturated carbocycles. The van der Waals surface area contributed by atoms with Crippen LogP contribution < -0.4 is 4.74 Å². The molecular formula is C12H12N2O. The largest absolute Gasteiger partial charge is 0.479 e. The first kappa shape index (κ1) is 9.65. The molecule has 0 fully saturated rings. The van der Waals surface area contributed by atoms with E-state index in [9.17, 15) is 0 Å².